The molecule has 1 aromatic rings. The van der Waals surface area contributed by atoms with Gasteiger partial charge in [-0.15, -0.1) is 0 Å². The molecule has 0 radical (unpaired) electrons. The van der Waals surface area contributed by atoms with Crippen molar-refractivity contribution in [1.82, 2.24) is 5.32 Å². The Bertz CT molecular complexity index is 407. The number of hydrogen-bond donors (Lipinski definition) is 2. The minimum Gasteiger partial charge on any atom is -0.481 e. The van der Waals surface area contributed by atoms with E-state index in [1.807, 2.05) is 24.3 Å². The summed E-state index contributed by atoms with van der Waals surface area (Å²) in [5.41, 5.74) is 2.41. The first-order valence-electron chi connectivity index (χ1n) is 6.07. The van der Waals surface area contributed by atoms with Crippen molar-refractivity contribution in [2.45, 2.75) is 44.7 Å². The molecular formula is C14H19NO2. The highest BCUT2D eigenvalue weighted by Gasteiger charge is 2.36. The summed E-state index contributed by atoms with van der Waals surface area (Å²) in [5, 5.41) is 12.4. The summed E-state index contributed by atoms with van der Waals surface area (Å²) in [6.45, 7) is 4.80. The van der Waals surface area contributed by atoms with Crippen molar-refractivity contribution in [1.29, 1.82) is 0 Å². The Morgan fingerprint density at radius 2 is 2.00 bits per heavy atom. The van der Waals surface area contributed by atoms with Gasteiger partial charge in [0.2, 0.25) is 0 Å². The number of nitrogens with one attached hydrogen (secondary N) is 1. The third-order valence-corrected chi connectivity index (χ3v) is 3.57. The van der Waals surface area contributed by atoms with Crippen LogP contribution in [0, 0.1) is 0 Å². The molecule has 0 bridgehead atoms. The molecule has 2 N–H and O–H groups in total. The van der Waals surface area contributed by atoms with Crippen LogP contribution in [0.4, 0.5) is 0 Å². The van der Waals surface area contributed by atoms with Crippen molar-refractivity contribution in [3.63, 3.8) is 0 Å². The second-order valence-electron chi connectivity index (χ2n) is 5.22. The second kappa shape index (κ2) is 4.49. The van der Waals surface area contributed by atoms with Gasteiger partial charge in [0.15, 0.2) is 0 Å². The third kappa shape index (κ3) is 3.07. The van der Waals surface area contributed by atoms with Gasteiger partial charge in [-0.3, -0.25) is 4.79 Å². The van der Waals surface area contributed by atoms with Crippen molar-refractivity contribution >= 4 is 5.97 Å². The topological polar surface area (TPSA) is 49.3 Å². The van der Waals surface area contributed by atoms with Gasteiger partial charge >= 0.3 is 5.97 Å². The Balaban J connectivity index is 1.95. The first-order valence-corrected chi connectivity index (χ1v) is 6.07. The van der Waals surface area contributed by atoms with Gasteiger partial charge in [-0.2, -0.15) is 0 Å². The predicted octanol–water partition coefficient (Wildman–Crippen LogP) is 2.52. The molecule has 1 aliphatic rings. The van der Waals surface area contributed by atoms with Gasteiger partial charge in [0, 0.05) is 12.1 Å². The van der Waals surface area contributed by atoms with Crippen LogP contribution in [0.1, 0.15) is 43.7 Å². The molecule has 0 aliphatic heterocycles. The minimum absolute atomic E-state index is 0.340. The number of hydrogen-bond acceptors (Lipinski definition) is 2. The fraction of sp³-hybridized carbons (Fsp3) is 0.500. The molecule has 1 aromatic carbocycles. The van der Waals surface area contributed by atoms with Gasteiger partial charge in [-0.05, 0) is 37.8 Å². The standard InChI is InChI=1S/C14H19NO2/c1-10(13(16)17)12-5-3-11(4-6-12)9-15-14(2)7-8-14/h3-6,10,15H,7-9H2,1-2H3,(H,16,17). The third-order valence-electron chi connectivity index (χ3n) is 3.57. The number of carboxylic acids is 1. The number of aliphatic carboxylic acids is 1. The average Bonchev–Trinajstić information content (AvgIpc) is 3.05. The van der Waals surface area contributed by atoms with Gasteiger partial charge in [0.25, 0.3) is 0 Å². The zero-order chi connectivity index (χ0) is 12.5. The Labute approximate surface area is 102 Å². The molecule has 17 heavy (non-hydrogen) atoms. The number of benzene rings is 1. The van der Waals surface area contributed by atoms with E-state index >= 15 is 0 Å². The van der Waals surface area contributed by atoms with Crippen molar-refractivity contribution in [3.05, 3.63) is 35.4 Å². The summed E-state index contributed by atoms with van der Waals surface area (Å²) >= 11 is 0. The van der Waals surface area contributed by atoms with Crippen LogP contribution in [0.2, 0.25) is 0 Å². The van der Waals surface area contributed by atoms with Crippen LogP contribution in [0.15, 0.2) is 24.3 Å². The fourth-order valence-corrected chi connectivity index (χ4v) is 1.75. The molecule has 1 fully saturated rings. The average molecular weight is 233 g/mol. The number of carbonyl (C=O) groups is 1. The summed E-state index contributed by atoms with van der Waals surface area (Å²) in [4.78, 5) is 10.8. The summed E-state index contributed by atoms with van der Waals surface area (Å²) in [5.74, 6) is -1.21. The molecule has 0 saturated heterocycles. The lowest BCUT2D eigenvalue weighted by atomic mass is 10.00. The summed E-state index contributed by atoms with van der Waals surface area (Å²) in [7, 11) is 0. The Morgan fingerprint density at radius 3 is 2.47 bits per heavy atom. The minimum atomic E-state index is -0.777. The van der Waals surface area contributed by atoms with Crippen LogP contribution in [-0.2, 0) is 11.3 Å². The van der Waals surface area contributed by atoms with E-state index in [1.165, 1.54) is 18.4 Å². The molecule has 1 unspecified atom stereocenters. The van der Waals surface area contributed by atoms with Crippen LogP contribution < -0.4 is 5.32 Å². The molecule has 3 heteroatoms. The predicted molar refractivity (Wildman–Crippen MR) is 67.0 cm³/mol. The Morgan fingerprint density at radius 1 is 1.41 bits per heavy atom. The lowest BCUT2D eigenvalue weighted by Crippen LogP contribution is -2.26. The maximum atomic E-state index is 10.8. The van der Waals surface area contributed by atoms with Gasteiger partial charge < -0.3 is 10.4 Å². The van der Waals surface area contributed by atoms with E-state index < -0.39 is 11.9 Å². The molecule has 1 atom stereocenters. The van der Waals surface area contributed by atoms with Gasteiger partial charge in [-0.1, -0.05) is 24.3 Å². The second-order valence-corrected chi connectivity index (χ2v) is 5.22. The SMILES string of the molecule is CC(C(=O)O)c1ccc(CNC2(C)CC2)cc1. The first kappa shape index (κ1) is 12.1. The Hall–Kier alpha value is -1.35. The van der Waals surface area contributed by atoms with Crippen LogP contribution in [-0.4, -0.2) is 16.6 Å². The maximum Gasteiger partial charge on any atom is 0.310 e. The monoisotopic (exact) mass is 233 g/mol. The molecule has 0 amide bonds. The summed E-state index contributed by atoms with van der Waals surface area (Å²) in [6, 6.07) is 7.83. The van der Waals surface area contributed by atoms with Crippen molar-refractivity contribution in [3.8, 4) is 0 Å². The quantitative estimate of drug-likeness (QED) is 0.821. The van der Waals surface area contributed by atoms with E-state index in [1.54, 1.807) is 6.92 Å². The van der Waals surface area contributed by atoms with E-state index in [9.17, 15) is 4.79 Å². The molecule has 2 rings (SSSR count). The lowest BCUT2D eigenvalue weighted by molar-refractivity contribution is -0.138. The molecule has 1 aliphatic carbocycles. The molecule has 0 spiro atoms. The number of rotatable bonds is 5. The smallest absolute Gasteiger partial charge is 0.310 e. The van der Waals surface area contributed by atoms with E-state index in [0.29, 0.717) is 5.54 Å². The van der Waals surface area contributed by atoms with Crippen molar-refractivity contribution in [2.24, 2.45) is 0 Å². The molecule has 1 saturated carbocycles. The maximum absolute atomic E-state index is 10.8. The van der Waals surface area contributed by atoms with Crippen LogP contribution in [0.5, 0.6) is 0 Å². The van der Waals surface area contributed by atoms with E-state index in [4.69, 9.17) is 5.11 Å². The zero-order valence-electron chi connectivity index (χ0n) is 10.4. The fourth-order valence-electron chi connectivity index (χ4n) is 1.75. The van der Waals surface area contributed by atoms with E-state index in [0.717, 1.165) is 12.1 Å². The molecular weight excluding hydrogens is 214 g/mol. The molecule has 3 nitrogen and oxygen atoms in total. The van der Waals surface area contributed by atoms with Gasteiger partial charge in [0.1, 0.15) is 0 Å². The molecule has 0 aromatic heterocycles. The lowest BCUT2D eigenvalue weighted by Gasteiger charge is -2.12. The molecule has 0 heterocycles. The highest BCUT2D eigenvalue weighted by Crippen LogP contribution is 2.34. The van der Waals surface area contributed by atoms with Crippen LogP contribution >= 0.6 is 0 Å². The first-order chi connectivity index (χ1) is 8.00. The van der Waals surface area contributed by atoms with Crippen molar-refractivity contribution < 1.29 is 9.90 Å². The van der Waals surface area contributed by atoms with Crippen LogP contribution in [0.3, 0.4) is 0 Å². The Kier molecular flexibility index (Phi) is 3.20. The highest BCUT2D eigenvalue weighted by atomic mass is 16.4. The zero-order valence-corrected chi connectivity index (χ0v) is 10.4. The normalized spacial score (nSPS) is 18.7. The van der Waals surface area contributed by atoms with Gasteiger partial charge in [-0.25, -0.2) is 0 Å². The number of carboxylic acid groups (broad SMARTS) is 1. The summed E-state index contributed by atoms with van der Waals surface area (Å²) in [6.07, 6.45) is 2.50. The highest BCUT2D eigenvalue weighted by molar-refractivity contribution is 5.75. The largest absolute Gasteiger partial charge is 0.481 e. The molecule has 92 valence electrons. The van der Waals surface area contributed by atoms with Crippen LogP contribution in [0.25, 0.3) is 0 Å². The van der Waals surface area contributed by atoms with Crippen molar-refractivity contribution in [2.75, 3.05) is 0 Å². The van der Waals surface area contributed by atoms with E-state index in [-0.39, 0.29) is 0 Å². The summed E-state index contributed by atoms with van der Waals surface area (Å²) < 4.78 is 0. The van der Waals surface area contributed by atoms with Gasteiger partial charge in [0.05, 0.1) is 5.92 Å². The van der Waals surface area contributed by atoms with E-state index in [2.05, 4.69) is 12.2 Å².